The van der Waals surface area contributed by atoms with Crippen molar-refractivity contribution < 1.29 is 13.2 Å². The van der Waals surface area contributed by atoms with Crippen molar-refractivity contribution in [1.29, 1.82) is 0 Å². The fourth-order valence-electron chi connectivity index (χ4n) is 2.35. The molecule has 2 rings (SSSR count). The molecule has 0 saturated heterocycles. The van der Waals surface area contributed by atoms with Gasteiger partial charge in [-0.1, -0.05) is 41.9 Å². The molecule has 2 aromatic rings. The molecular formula is C18H21ClN2O3S. The maximum Gasteiger partial charge on any atom is 0.251 e. The van der Waals surface area contributed by atoms with Crippen LogP contribution in [0.2, 0.25) is 5.02 Å². The largest absolute Gasteiger partial charge is 0.350 e. The van der Waals surface area contributed by atoms with Crippen molar-refractivity contribution in [3.63, 3.8) is 0 Å². The van der Waals surface area contributed by atoms with E-state index in [1.54, 1.807) is 6.07 Å². The van der Waals surface area contributed by atoms with Crippen molar-refractivity contribution in [1.82, 2.24) is 5.32 Å². The van der Waals surface area contributed by atoms with Crippen LogP contribution < -0.4 is 10.0 Å². The van der Waals surface area contributed by atoms with Gasteiger partial charge in [-0.25, -0.2) is 8.42 Å². The topological polar surface area (TPSA) is 75.3 Å². The molecule has 25 heavy (non-hydrogen) atoms. The predicted molar refractivity (Wildman–Crippen MR) is 102 cm³/mol. The van der Waals surface area contributed by atoms with Crippen molar-refractivity contribution in [2.75, 3.05) is 11.0 Å². The highest BCUT2D eigenvalue weighted by Crippen LogP contribution is 2.24. The maximum absolute atomic E-state index is 12.4. The summed E-state index contributed by atoms with van der Waals surface area (Å²) in [6.45, 7) is 1.94. The predicted octanol–water partition coefficient (Wildman–Crippen LogP) is 3.46. The molecule has 7 heteroatoms. The molecule has 134 valence electrons. The van der Waals surface area contributed by atoms with Crippen LogP contribution in [0.1, 0.15) is 29.3 Å². The van der Waals surface area contributed by atoms with Gasteiger partial charge in [0.2, 0.25) is 10.0 Å². The van der Waals surface area contributed by atoms with Gasteiger partial charge in [0.1, 0.15) is 0 Å². The lowest BCUT2D eigenvalue weighted by Crippen LogP contribution is -2.33. The molecule has 2 N–H and O–H groups in total. The van der Waals surface area contributed by atoms with Crippen molar-refractivity contribution >= 4 is 33.2 Å². The third-order valence-electron chi connectivity index (χ3n) is 3.61. The molecule has 0 spiro atoms. The van der Waals surface area contributed by atoms with E-state index >= 15 is 0 Å². The summed E-state index contributed by atoms with van der Waals surface area (Å²) in [6.07, 6.45) is 2.70. The Bertz CT molecular complexity index is 839. The van der Waals surface area contributed by atoms with Crippen LogP contribution in [0.5, 0.6) is 0 Å². The Labute approximate surface area is 153 Å². The van der Waals surface area contributed by atoms with Crippen molar-refractivity contribution in [3.8, 4) is 0 Å². The molecule has 0 heterocycles. The average molecular weight is 381 g/mol. The summed E-state index contributed by atoms with van der Waals surface area (Å²) in [4.78, 5) is 12.4. The Morgan fingerprint density at radius 2 is 1.84 bits per heavy atom. The number of rotatable bonds is 7. The number of aryl methyl sites for hydroxylation is 1. The first-order chi connectivity index (χ1) is 11.7. The monoisotopic (exact) mass is 380 g/mol. The summed E-state index contributed by atoms with van der Waals surface area (Å²) in [5, 5.41) is 3.15. The number of sulfonamides is 1. The minimum atomic E-state index is -3.47. The van der Waals surface area contributed by atoms with E-state index in [1.807, 2.05) is 25.1 Å². The molecule has 0 aliphatic heterocycles. The number of benzene rings is 2. The summed E-state index contributed by atoms with van der Waals surface area (Å²) in [7, 11) is -3.47. The number of hydrogen-bond acceptors (Lipinski definition) is 3. The fourth-order valence-corrected chi connectivity index (χ4v) is 3.14. The Balaban J connectivity index is 1.99. The standard InChI is InChI=1S/C18H21ClN2O3S/c1-13(8-9-14-6-4-3-5-7-14)20-18(22)15-10-11-16(19)17(12-15)21-25(2,23)24/h3-7,10-13,21H,8-9H2,1-2H3,(H,20,22)/t13-/m0/s1. The van der Waals surface area contributed by atoms with E-state index in [4.69, 9.17) is 11.6 Å². The zero-order chi connectivity index (χ0) is 18.4. The number of halogens is 1. The highest BCUT2D eigenvalue weighted by Gasteiger charge is 2.13. The average Bonchev–Trinajstić information content (AvgIpc) is 2.54. The van der Waals surface area contributed by atoms with Gasteiger partial charge in [0.25, 0.3) is 5.91 Å². The molecule has 0 fully saturated rings. The number of carbonyl (C=O) groups is 1. The third kappa shape index (κ3) is 6.40. The van der Waals surface area contributed by atoms with Crippen LogP contribution >= 0.6 is 11.6 Å². The van der Waals surface area contributed by atoms with Crippen LogP contribution in [0.3, 0.4) is 0 Å². The summed E-state index contributed by atoms with van der Waals surface area (Å²) >= 11 is 5.97. The lowest BCUT2D eigenvalue weighted by molar-refractivity contribution is 0.0938. The van der Waals surface area contributed by atoms with Gasteiger partial charge in [-0.3, -0.25) is 9.52 Å². The molecule has 1 amide bonds. The van der Waals surface area contributed by atoms with Gasteiger partial charge in [0, 0.05) is 11.6 Å². The van der Waals surface area contributed by atoms with Crippen molar-refractivity contribution in [3.05, 3.63) is 64.7 Å². The Hall–Kier alpha value is -2.05. The molecule has 5 nitrogen and oxygen atoms in total. The smallest absolute Gasteiger partial charge is 0.251 e. The minimum absolute atomic E-state index is 0.0188. The maximum atomic E-state index is 12.4. The zero-order valence-corrected chi connectivity index (χ0v) is 15.7. The lowest BCUT2D eigenvalue weighted by Gasteiger charge is -2.15. The number of anilines is 1. The Morgan fingerprint density at radius 1 is 1.16 bits per heavy atom. The van der Waals surface area contributed by atoms with Gasteiger partial charge >= 0.3 is 0 Å². The number of carbonyl (C=O) groups excluding carboxylic acids is 1. The minimum Gasteiger partial charge on any atom is -0.350 e. The van der Waals surface area contributed by atoms with Gasteiger partial charge in [-0.2, -0.15) is 0 Å². The summed E-state index contributed by atoms with van der Waals surface area (Å²) in [6, 6.07) is 14.5. The normalized spacial score (nSPS) is 12.4. The number of amides is 1. The van der Waals surface area contributed by atoms with E-state index in [2.05, 4.69) is 22.2 Å². The highest BCUT2D eigenvalue weighted by atomic mass is 35.5. The molecule has 0 aliphatic rings. The molecular weight excluding hydrogens is 360 g/mol. The Kier molecular flexibility index (Phi) is 6.45. The van der Waals surface area contributed by atoms with E-state index in [0.717, 1.165) is 19.1 Å². The molecule has 0 aliphatic carbocycles. The quantitative estimate of drug-likeness (QED) is 0.772. The van der Waals surface area contributed by atoms with Crippen LogP contribution in [0.25, 0.3) is 0 Å². The fraction of sp³-hybridized carbons (Fsp3) is 0.278. The molecule has 0 bridgehead atoms. The van der Waals surface area contributed by atoms with Gasteiger partial charge in [0.15, 0.2) is 0 Å². The number of nitrogens with one attached hydrogen (secondary N) is 2. The van der Waals surface area contributed by atoms with Crippen LogP contribution in [-0.4, -0.2) is 26.6 Å². The van der Waals surface area contributed by atoms with Gasteiger partial charge in [-0.15, -0.1) is 0 Å². The van der Waals surface area contributed by atoms with E-state index in [-0.39, 0.29) is 22.7 Å². The van der Waals surface area contributed by atoms with E-state index in [9.17, 15) is 13.2 Å². The molecule has 2 aromatic carbocycles. The molecule has 0 radical (unpaired) electrons. The first-order valence-electron chi connectivity index (χ1n) is 7.87. The van der Waals surface area contributed by atoms with Crippen LogP contribution in [0.15, 0.2) is 48.5 Å². The molecule has 0 aromatic heterocycles. The molecule has 0 unspecified atom stereocenters. The summed E-state index contributed by atoms with van der Waals surface area (Å²) in [5.74, 6) is -0.270. The SMILES string of the molecule is C[C@@H](CCc1ccccc1)NC(=O)c1ccc(Cl)c(NS(C)(=O)=O)c1. The first-order valence-corrected chi connectivity index (χ1v) is 10.1. The van der Waals surface area contributed by atoms with E-state index in [1.165, 1.54) is 17.7 Å². The van der Waals surface area contributed by atoms with E-state index < -0.39 is 10.0 Å². The van der Waals surface area contributed by atoms with E-state index in [0.29, 0.717) is 5.56 Å². The van der Waals surface area contributed by atoms with Crippen LogP contribution in [-0.2, 0) is 16.4 Å². The van der Waals surface area contributed by atoms with Crippen LogP contribution in [0, 0.1) is 0 Å². The second kappa shape index (κ2) is 8.36. The summed E-state index contributed by atoms with van der Waals surface area (Å²) in [5.41, 5.74) is 1.76. The van der Waals surface area contributed by atoms with Crippen LogP contribution in [0.4, 0.5) is 5.69 Å². The van der Waals surface area contributed by atoms with Crippen molar-refractivity contribution in [2.24, 2.45) is 0 Å². The van der Waals surface area contributed by atoms with Gasteiger partial charge < -0.3 is 5.32 Å². The summed E-state index contributed by atoms with van der Waals surface area (Å²) < 4.78 is 25.0. The second-order valence-corrected chi connectivity index (χ2v) is 8.12. The molecule has 0 saturated carbocycles. The van der Waals surface area contributed by atoms with Crippen molar-refractivity contribution in [2.45, 2.75) is 25.8 Å². The second-order valence-electron chi connectivity index (χ2n) is 5.97. The molecule has 1 atom stereocenters. The van der Waals surface area contributed by atoms with Gasteiger partial charge in [-0.05, 0) is 43.5 Å². The highest BCUT2D eigenvalue weighted by molar-refractivity contribution is 7.92. The lowest BCUT2D eigenvalue weighted by atomic mass is 10.1. The Morgan fingerprint density at radius 3 is 2.48 bits per heavy atom. The van der Waals surface area contributed by atoms with Gasteiger partial charge in [0.05, 0.1) is 17.0 Å². The third-order valence-corrected chi connectivity index (χ3v) is 4.53. The number of hydrogen-bond donors (Lipinski definition) is 2. The zero-order valence-electron chi connectivity index (χ0n) is 14.1. The first kappa shape index (κ1) is 19.3.